The lowest BCUT2D eigenvalue weighted by molar-refractivity contribution is 0.0939. The van der Waals surface area contributed by atoms with E-state index in [4.69, 9.17) is 4.98 Å². The highest BCUT2D eigenvalue weighted by Gasteiger charge is 2.20. The monoisotopic (exact) mass is 344 g/mol. The Kier molecular flexibility index (Phi) is 4.46. The lowest BCUT2D eigenvalue weighted by Crippen LogP contribution is -2.32. The highest BCUT2D eigenvalue weighted by Crippen LogP contribution is 2.28. The molecule has 3 heteroatoms. The van der Waals surface area contributed by atoms with Gasteiger partial charge in [-0.05, 0) is 44.4 Å². The summed E-state index contributed by atoms with van der Waals surface area (Å²) in [5, 5.41) is 4.14. The van der Waals surface area contributed by atoms with E-state index in [2.05, 4.69) is 37.4 Å². The van der Waals surface area contributed by atoms with Gasteiger partial charge in [0.1, 0.15) is 0 Å². The number of fused-ring (bicyclic) bond motifs is 1. The molecule has 0 bridgehead atoms. The predicted octanol–water partition coefficient (Wildman–Crippen LogP) is 5.19. The largest absolute Gasteiger partial charge is 0.349 e. The number of aryl methyl sites for hydroxylation is 2. The van der Waals surface area contributed by atoms with Crippen LogP contribution in [0.5, 0.6) is 0 Å². The van der Waals surface area contributed by atoms with Crippen LogP contribution in [0.25, 0.3) is 22.2 Å². The van der Waals surface area contributed by atoms with Crippen molar-refractivity contribution in [1.29, 1.82) is 0 Å². The van der Waals surface area contributed by atoms with Crippen molar-refractivity contribution in [2.45, 2.75) is 45.6 Å². The zero-order chi connectivity index (χ0) is 18.1. The SMILES string of the molecule is Cc1ccc(-c2cc(C(=O)NC3CCCC3)c3ccccc3n2)c(C)c1. The molecule has 2 aromatic carbocycles. The van der Waals surface area contributed by atoms with E-state index in [9.17, 15) is 4.79 Å². The number of hydrogen-bond donors (Lipinski definition) is 1. The molecule has 0 atom stereocenters. The molecule has 1 aliphatic rings. The van der Waals surface area contributed by atoms with Crippen LogP contribution in [0.1, 0.15) is 47.2 Å². The second-order valence-electron chi connectivity index (χ2n) is 7.35. The van der Waals surface area contributed by atoms with Gasteiger partial charge in [0.25, 0.3) is 5.91 Å². The summed E-state index contributed by atoms with van der Waals surface area (Å²) in [6, 6.07) is 16.5. The first kappa shape index (κ1) is 16.8. The molecule has 0 spiro atoms. The third kappa shape index (κ3) is 3.22. The first-order valence-electron chi connectivity index (χ1n) is 9.40. The van der Waals surface area contributed by atoms with Gasteiger partial charge in [-0.15, -0.1) is 0 Å². The quantitative estimate of drug-likeness (QED) is 0.710. The normalized spacial score (nSPS) is 14.7. The van der Waals surface area contributed by atoms with Crippen molar-refractivity contribution in [2.24, 2.45) is 0 Å². The van der Waals surface area contributed by atoms with Crippen LogP contribution < -0.4 is 5.32 Å². The Balaban J connectivity index is 1.81. The third-order valence-corrected chi connectivity index (χ3v) is 5.31. The number of hydrogen-bond acceptors (Lipinski definition) is 2. The fraction of sp³-hybridized carbons (Fsp3) is 0.304. The first-order chi connectivity index (χ1) is 12.6. The highest BCUT2D eigenvalue weighted by atomic mass is 16.1. The average molecular weight is 344 g/mol. The molecule has 0 saturated heterocycles. The Hall–Kier alpha value is -2.68. The topological polar surface area (TPSA) is 42.0 Å². The highest BCUT2D eigenvalue weighted by molar-refractivity contribution is 6.07. The molecule has 3 aromatic rings. The number of nitrogens with zero attached hydrogens (tertiary/aromatic N) is 1. The van der Waals surface area contributed by atoms with Crippen molar-refractivity contribution < 1.29 is 4.79 Å². The molecule has 132 valence electrons. The summed E-state index contributed by atoms with van der Waals surface area (Å²) in [5.41, 5.74) is 5.93. The van der Waals surface area contributed by atoms with E-state index in [1.807, 2.05) is 30.3 Å². The van der Waals surface area contributed by atoms with Gasteiger partial charge in [-0.2, -0.15) is 0 Å². The fourth-order valence-electron chi connectivity index (χ4n) is 3.94. The van der Waals surface area contributed by atoms with Crippen molar-refractivity contribution in [3.8, 4) is 11.3 Å². The van der Waals surface area contributed by atoms with Crippen LogP contribution in [-0.2, 0) is 0 Å². The standard InChI is InChI=1S/C23H24N2O/c1-15-11-12-18(16(2)13-15)22-14-20(19-9-5-6-10-21(19)25-22)23(26)24-17-7-3-4-8-17/h5-6,9-14,17H,3-4,7-8H2,1-2H3,(H,24,26). The van der Waals surface area contributed by atoms with Crippen LogP contribution in [0.4, 0.5) is 0 Å². The van der Waals surface area contributed by atoms with E-state index in [1.54, 1.807) is 0 Å². The van der Waals surface area contributed by atoms with Crippen LogP contribution in [0.15, 0.2) is 48.5 Å². The van der Waals surface area contributed by atoms with Crippen molar-refractivity contribution in [3.05, 3.63) is 65.2 Å². The summed E-state index contributed by atoms with van der Waals surface area (Å²) in [4.78, 5) is 17.8. The van der Waals surface area contributed by atoms with Crippen LogP contribution in [-0.4, -0.2) is 16.9 Å². The average Bonchev–Trinajstić information content (AvgIpc) is 3.13. The maximum absolute atomic E-state index is 13.0. The van der Waals surface area contributed by atoms with E-state index < -0.39 is 0 Å². The molecular formula is C23H24N2O. The maximum Gasteiger partial charge on any atom is 0.252 e. The molecule has 3 nitrogen and oxygen atoms in total. The number of benzene rings is 2. The van der Waals surface area contributed by atoms with Gasteiger partial charge in [0.05, 0.1) is 16.8 Å². The smallest absolute Gasteiger partial charge is 0.252 e. The summed E-state index contributed by atoms with van der Waals surface area (Å²) >= 11 is 0. The van der Waals surface area contributed by atoms with Gasteiger partial charge in [-0.1, -0.05) is 54.8 Å². The summed E-state index contributed by atoms with van der Waals surface area (Å²) < 4.78 is 0. The molecule has 1 aliphatic carbocycles. The second-order valence-corrected chi connectivity index (χ2v) is 7.35. The molecule has 1 heterocycles. The fourth-order valence-corrected chi connectivity index (χ4v) is 3.94. The minimum Gasteiger partial charge on any atom is -0.349 e. The Morgan fingerprint density at radius 2 is 1.81 bits per heavy atom. The molecule has 0 unspecified atom stereocenters. The van der Waals surface area contributed by atoms with Crippen molar-refractivity contribution in [1.82, 2.24) is 10.3 Å². The second kappa shape index (κ2) is 6.91. The maximum atomic E-state index is 13.0. The number of pyridine rings is 1. The summed E-state index contributed by atoms with van der Waals surface area (Å²) in [6.45, 7) is 4.18. The molecule has 1 fully saturated rings. The number of nitrogens with one attached hydrogen (secondary N) is 1. The zero-order valence-electron chi connectivity index (χ0n) is 15.4. The minimum atomic E-state index is 0.0153. The molecule has 1 saturated carbocycles. The van der Waals surface area contributed by atoms with Crippen LogP contribution in [0, 0.1) is 13.8 Å². The van der Waals surface area contributed by atoms with Crippen molar-refractivity contribution in [3.63, 3.8) is 0 Å². The van der Waals surface area contributed by atoms with Gasteiger partial charge >= 0.3 is 0 Å². The van der Waals surface area contributed by atoms with Crippen molar-refractivity contribution >= 4 is 16.8 Å². The molecule has 1 aromatic heterocycles. The number of rotatable bonds is 3. The molecule has 0 aliphatic heterocycles. The molecule has 1 amide bonds. The van der Waals surface area contributed by atoms with E-state index in [1.165, 1.54) is 24.0 Å². The van der Waals surface area contributed by atoms with E-state index in [0.717, 1.165) is 40.6 Å². The molecule has 4 rings (SSSR count). The molecule has 0 radical (unpaired) electrons. The summed E-state index contributed by atoms with van der Waals surface area (Å²) in [7, 11) is 0. The zero-order valence-corrected chi connectivity index (χ0v) is 15.4. The Labute approximate surface area is 154 Å². The van der Waals surface area contributed by atoms with Gasteiger partial charge in [0.15, 0.2) is 0 Å². The lowest BCUT2D eigenvalue weighted by atomic mass is 9.99. The number of carbonyl (C=O) groups excluding carboxylic acids is 1. The van der Waals surface area contributed by atoms with E-state index in [-0.39, 0.29) is 5.91 Å². The Bertz CT molecular complexity index is 971. The van der Waals surface area contributed by atoms with Gasteiger partial charge in [0.2, 0.25) is 0 Å². The minimum absolute atomic E-state index is 0.0153. The van der Waals surface area contributed by atoms with Crippen molar-refractivity contribution in [2.75, 3.05) is 0 Å². The molecule has 26 heavy (non-hydrogen) atoms. The first-order valence-corrected chi connectivity index (χ1v) is 9.40. The number of carbonyl (C=O) groups is 1. The van der Waals surface area contributed by atoms with Gasteiger partial charge in [-0.25, -0.2) is 4.98 Å². The Morgan fingerprint density at radius 3 is 2.58 bits per heavy atom. The van der Waals surface area contributed by atoms with Gasteiger partial charge < -0.3 is 5.32 Å². The van der Waals surface area contributed by atoms with Crippen LogP contribution >= 0.6 is 0 Å². The Morgan fingerprint density at radius 1 is 1.04 bits per heavy atom. The van der Waals surface area contributed by atoms with Gasteiger partial charge in [-0.3, -0.25) is 4.79 Å². The number of para-hydroxylation sites is 1. The van der Waals surface area contributed by atoms with Crippen LogP contribution in [0.2, 0.25) is 0 Å². The van der Waals surface area contributed by atoms with E-state index >= 15 is 0 Å². The van der Waals surface area contributed by atoms with Crippen LogP contribution in [0.3, 0.4) is 0 Å². The summed E-state index contributed by atoms with van der Waals surface area (Å²) in [6.07, 6.45) is 4.57. The van der Waals surface area contributed by atoms with Gasteiger partial charge in [0, 0.05) is 17.0 Å². The van der Waals surface area contributed by atoms with E-state index in [0.29, 0.717) is 6.04 Å². The number of amides is 1. The summed E-state index contributed by atoms with van der Waals surface area (Å²) in [5.74, 6) is 0.0153. The number of aromatic nitrogens is 1. The predicted molar refractivity (Wildman–Crippen MR) is 106 cm³/mol. The molecule has 1 N–H and O–H groups in total. The lowest BCUT2D eigenvalue weighted by Gasteiger charge is -2.15. The molecular weight excluding hydrogens is 320 g/mol. The third-order valence-electron chi connectivity index (χ3n) is 5.31.